The molecular weight excluding hydrogens is 456 g/mol. The van der Waals surface area contributed by atoms with Crippen molar-refractivity contribution in [2.45, 2.75) is 38.0 Å². The lowest BCUT2D eigenvalue weighted by molar-refractivity contribution is -0.123. The molecule has 1 unspecified atom stereocenters. The Morgan fingerprint density at radius 2 is 1.17 bits per heavy atom. The third-order valence-electron chi connectivity index (χ3n) is 4.51. The third-order valence-corrected chi connectivity index (χ3v) is 4.51. The molecule has 0 aliphatic rings. The second kappa shape index (κ2) is 20.8. The summed E-state index contributed by atoms with van der Waals surface area (Å²) in [5, 5.41) is 20.4. The normalized spacial score (nSPS) is 11.8. The maximum atomic E-state index is 12.2. The topological polar surface area (TPSA) is 147 Å². The number of aliphatic hydroxyl groups is 1. The second-order valence-corrected chi connectivity index (χ2v) is 7.81. The van der Waals surface area contributed by atoms with Crippen LogP contribution < -0.4 is 21.3 Å². The van der Waals surface area contributed by atoms with Crippen molar-refractivity contribution in [1.29, 1.82) is 0 Å². The summed E-state index contributed by atoms with van der Waals surface area (Å²) in [4.78, 5) is 34.6. The number of amides is 3. The monoisotopic (exact) mass is 498 g/mol. The van der Waals surface area contributed by atoms with Crippen LogP contribution in [0.5, 0.6) is 0 Å². The molecule has 11 heteroatoms. The summed E-state index contributed by atoms with van der Waals surface area (Å²) < 4.78 is 17.4. The number of hydrogen-bond donors (Lipinski definition) is 5. The number of carbonyl (C=O) groups excluding carboxylic acids is 3. The van der Waals surface area contributed by atoms with Gasteiger partial charge in [-0.15, -0.1) is 0 Å². The van der Waals surface area contributed by atoms with Gasteiger partial charge in [-0.1, -0.05) is 19.7 Å². The molecule has 0 fully saturated rings. The molecule has 3 amide bonds. The zero-order valence-electron chi connectivity index (χ0n) is 20.8. The summed E-state index contributed by atoms with van der Waals surface area (Å²) in [6.07, 6.45) is 4.76. The van der Waals surface area contributed by atoms with Crippen LogP contribution in [0.2, 0.25) is 0 Å². The van der Waals surface area contributed by atoms with Crippen molar-refractivity contribution in [3.05, 3.63) is 38.0 Å². The van der Waals surface area contributed by atoms with E-state index in [0.29, 0.717) is 58.7 Å². The lowest BCUT2D eigenvalue weighted by Crippen LogP contribution is -2.58. The quantitative estimate of drug-likeness (QED) is 0.0738. The molecule has 0 saturated carbocycles. The highest BCUT2D eigenvalue weighted by atomic mass is 16.5. The summed E-state index contributed by atoms with van der Waals surface area (Å²) in [5.41, 5.74) is -0.975. The minimum atomic E-state index is -0.975. The van der Waals surface area contributed by atoms with Crippen LogP contribution in [0.3, 0.4) is 0 Å². The molecule has 0 rings (SSSR count). The zero-order chi connectivity index (χ0) is 26.4. The molecule has 11 nitrogen and oxygen atoms in total. The molecule has 0 spiro atoms. The van der Waals surface area contributed by atoms with Crippen molar-refractivity contribution in [2.24, 2.45) is 0 Å². The average molecular weight is 499 g/mol. The fourth-order valence-corrected chi connectivity index (χ4v) is 2.75. The number of rotatable bonds is 23. The Morgan fingerprint density at radius 1 is 0.771 bits per heavy atom. The third kappa shape index (κ3) is 18.4. The van der Waals surface area contributed by atoms with Gasteiger partial charge in [0.1, 0.15) is 11.8 Å². The number of carbonyl (C=O) groups is 3. The van der Waals surface area contributed by atoms with Gasteiger partial charge in [0, 0.05) is 32.9 Å². The number of aliphatic hydroxyl groups excluding tert-OH is 1. The molecular formula is C24H42N4O7. The van der Waals surface area contributed by atoms with E-state index in [9.17, 15) is 19.5 Å². The summed E-state index contributed by atoms with van der Waals surface area (Å²) in [6.45, 7) is 14.8. The first-order valence-electron chi connectivity index (χ1n) is 11.7. The Kier molecular flexibility index (Phi) is 19.2. The van der Waals surface area contributed by atoms with E-state index in [-0.39, 0.29) is 31.6 Å². The van der Waals surface area contributed by atoms with Crippen molar-refractivity contribution < 1.29 is 33.7 Å². The molecule has 0 aromatic carbocycles. The number of hydrogen-bond acceptors (Lipinski definition) is 8. The highest BCUT2D eigenvalue weighted by Gasteiger charge is 2.33. The first kappa shape index (κ1) is 32.4. The Hall–Kier alpha value is -2.57. The fraction of sp³-hybridized carbons (Fsp3) is 0.625. The second-order valence-electron chi connectivity index (χ2n) is 7.81. The fourth-order valence-electron chi connectivity index (χ4n) is 2.75. The predicted molar refractivity (Wildman–Crippen MR) is 133 cm³/mol. The van der Waals surface area contributed by atoms with Gasteiger partial charge in [0.2, 0.25) is 17.7 Å². The van der Waals surface area contributed by atoms with Gasteiger partial charge in [-0.3, -0.25) is 19.7 Å². The van der Waals surface area contributed by atoms with Crippen molar-refractivity contribution in [2.75, 3.05) is 59.3 Å². The van der Waals surface area contributed by atoms with Crippen LogP contribution in [0.4, 0.5) is 0 Å². The average Bonchev–Trinajstić information content (AvgIpc) is 2.84. The van der Waals surface area contributed by atoms with Gasteiger partial charge in [-0.05, 0) is 51.0 Å². The van der Waals surface area contributed by atoms with Crippen LogP contribution >= 0.6 is 0 Å². The lowest BCUT2D eigenvalue weighted by atomic mass is 10.0. The van der Waals surface area contributed by atoms with Crippen LogP contribution in [-0.4, -0.2) is 93.9 Å². The van der Waals surface area contributed by atoms with E-state index in [1.165, 1.54) is 12.2 Å². The van der Waals surface area contributed by atoms with Crippen LogP contribution in [0.25, 0.3) is 0 Å². The Bertz CT molecular complexity index is 624. The Balaban J connectivity index is 4.89. The molecule has 0 aromatic rings. The van der Waals surface area contributed by atoms with Gasteiger partial charge in [0.25, 0.3) is 0 Å². The van der Waals surface area contributed by atoms with E-state index < -0.39 is 17.7 Å². The largest absolute Gasteiger partial charge is 0.379 e. The van der Waals surface area contributed by atoms with E-state index in [1.54, 1.807) is 6.92 Å². The first-order chi connectivity index (χ1) is 16.8. The SMILES string of the molecule is C=CC(=O)NCCCOCC(COCCCNC(=O)C=C)(COCCCNC(C)O)NC(=O)C=C. The summed E-state index contributed by atoms with van der Waals surface area (Å²) in [6, 6.07) is 0. The van der Waals surface area contributed by atoms with E-state index >= 15 is 0 Å². The maximum absolute atomic E-state index is 12.2. The van der Waals surface area contributed by atoms with E-state index in [0.717, 1.165) is 6.08 Å². The number of nitrogens with one attached hydrogen (secondary N) is 4. The lowest BCUT2D eigenvalue weighted by Gasteiger charge is -2.34. The highest BCUT2D eigenvalue weighted by Crippen LogP contribution is 2.10. The molecule has 0 aromatic heterocycles. The van der Waals surface area contributed by atoms with Crippen LogP contribution in [0, 0.1) is 0 Å². The zero-order valence-corrected chi connectivity index (χ0v) is 20.8. The van der Waals surface area contributed by atoms with E-state index in [2.05, 4.69) is 41.0 Å². The van der Waals surface area contributed by atoms with Crippen LogP contribution in [-0.2, 0) is 28.6 Å². The van der Waals surface area contributed by atoms with Gasteiger partial charge in [-0.2, -0.15) is 0 Å². The van der Waals surface area contributed by atoms with Gasteiger partial charge >= 0.3 is 0 Å². The Labute approximate surface area is 208 Å². The van der Waals surface area contributed by atoms with Crippen molar-refractivity contribution >= 4 is 17.7 Å². The predicted octanol–water partition coefficient (Wildman–Crippen LogP) is -0.220. The van der Waals surface area contributed by atoms with E-state index in [4.69, 9.17) is 14.2 Å². The minimum absolute atomic E-state index is 0.112. The molecule has 200 valence electrons. The van der Waals surface area contributed by atoms with Gasteiger partial charge in [0.05, 0.1) is 19.8 Å². The molecule has 0 bridgehead atoms. The van der Waals surface area contributed by atoms with Crippen LogP contribution in [0.1, 0.15) is 26.2 Å². The van der Waals surface area contributed by atoms with Crippen molar-refractivity contribution in [3.63, 3.8) is 0 Å². The maximum Gasteiger partial charge on any atom is 0.244 e. The smallest absolute Gasteiger partial charge is 0.244 e. The molecule has 0 heterocycles. The molecule has 35 heavy (non-hydrogen) atoms. The molecule has 0 saturated heterocycles. The Morgan fingerprint density at radius 3 is 1.54 bits per heavy atom. The van der Waals surface area contributed by atoms with Crippen molar-refractivity contribution in [3.8, 4) is 0 Å². The van der Waals surface area contributed by atoms with Crippen molar-refractivity contribution in [1.82, 2.24) is 21.3 Å². The summed E-state index contributed by atoms with van der Waals surface area (Å²) in [7, 11) is 0. The van der Waals surface area contributed by atoms with E-state index in [1.807, 2.05) is 0 Å². The molecule has 1 atom stereocenters. The summed E-state index contributed by atoms with van der Waals surface area (Å²) in [5.74, 6) is -0.907. The standard InChI is InChI=1S/C24H42N4O7/c1-5-21(30)26-12-9-15-34-18-24(28-23(32)7-3,17-33-14-8-11-25-20(4)29)19-35-16-10-13-27-22(31)6-2/h5-7,20,25,29H,1-3,8-19H2,4H3,(H,26,30)(H,27,31)(H,28,32). The molecule has 5 N–H and O–H groups in total. The molecule has 0 aliphatic heterocycles. The minimum Gasteiger partial charge on any atom is -0.379 e. The van der Waals surface area contributed by atoms with Gasteiger partial charge < -0.3 is 35.3 Å². The number of ether oxygens (including phenoxy) is 3. The highest BCUT2D eigenvalue weighted by molar-refractivity contribution is 5.87. The molecule has 0 radical (unpaired) electrons. The first-order valence-corrected chi connectivity index (χ1v) is 11.7. The van der Waals surface area contributed by atoms with Gasteiger partial charge in [-0.25, -0.2) is 0 Å². The summed E-state index contributed by atoms with van der Waals surface area (Å²) >= 11 is 0. The van der Waals surface area contributed by atoms with Crippen LogP contribution in [0.15, 0.2) is 38.0 Å². The van der Waals surface area contributed by atoms with Gasteiger partial charge in [0.15, 0.2) is 0 Å². The molecule has 0 aliphatic carbocycles.